The van der Waals surface area contributed by atoms with Gasteiger partial charge in [0.15, 0.2) is 5.78 Å². The number of ether oxygens (including phenoxy) is 1. The van der Waals surface area contributed by atoms with Gasteiger partial charge in [0.2, 0.25) is 5.78 Å². The van der Waals surface area contributed by atoms with Crippen molar-refractivity contribution in [2.75, 3.05) is 5.32 Å². The van der Waals surface area contributed by atoms with Gasteiger partial charge in [0.25, 0.3) is 5.91 Å². The molecule has 37 heavy (non-hydrogen) atoms. The van der Waals surface area contributed by atoms with Crippen LogP contribution in [-0.4, -0.2) is 23.4 Å². The molecule has 1 aliphatic rings. The van der Waals surface area contributed by atoms with Crippen molar-refractivity contribution >= 4 is 40.7 Å². The van der Waals surface area contributed by atoms with E-state index in [0.717, 1.165) is 5.56 Å². The van der Waals surface area contributed by atoms with E-state index in [0.29, 0.717) is 21.8 Å². The quantitative estimate of drug-likeness (QED) is 0.144. The van der Waals surface area contributed by atoms with Crippen LogP contribution in [0.1, 0.15) is 32.4 Å². The number of fused-ring (bicyclic) bond motifs is 1. The zero-order chi connectivity index (χ0) is 25.9. The molecule has 0 spiro atoms. The maximum atomic E-state index is 14.1. The molecule has 6 nitrogen and oxygen atoms in total. The van der Waals surface area contributed by atoms with E-state index in [1.54, 1.807) is 72.8 Å². The van der Waals surface area contributed by atoms with Gasteiger partial charge in [-0.3, -0.25) is 14.4 Å². The van der Waals surface area contributed by atoms with Gasteiger partial charge in [-0.05, 0) is 41.5 Å². The van der Waals surface area contributed by atoms with Crippen molar-refractivity contribution in [3.63, 3.8) is 0 Å². The van der Waals surface area contributed by atoms with Gasteiger partial charge in [0.1, 0.15) is 12.0 Å². The van der Waals surface area contributed by atoms with Crippen LogP contribution in [0.4, 0.5) is 5.69 Å². The first-order valence-electron chi connectivity index (χ1n) is 11.5. The molecular weight excluding hydrogens is 490 g/mol. The van der Waals surface area contributed by atoms with E-state index >= 15 is 0 Å². The van der Waals surface area contributed by atoms with Crippen molar-refractivity contribution in [3.05, 3.63) is 125 Å². The Bertz CT molecular complexity index is 1510. The van der Waals surface area contributed by atoms with Crippen LogP contribution in [0.25, 0.3) is 11.1 Å². The number of benzene rings is 4. The number of hydrogen-bond donors (Lipinski definition) is 1. The summed E-state index contributed by atoms with van der Waals surface area (Å²) in [4.78, 5) is 53.4. The maximum Gasteiger partial charge on any atom is 0.339 e. The van der Waals surface area contributed by atoms with E-state index in [4.69, 9.17) is 16.3 Å². The number of rotatable bonds is 7. The molecule has 0 saturated carbocycles. The van der Waals surface area contributed by atoms with Crippen LogP contribution in [0.5, 0.6) is 0 Å². The summed E-state index contributed by atoms with van der Waals surface area (Å²) < 4.78 is 5.54. The number of halogens is 1. The monoisotopic (exact) mass is 509 g/mol. The Balaban J connectivity index is 1.57. The molecule has 4 aromatic carbocycles. The number of cyclic esters (lactones) is 1. The smallest absolute Gasteiger partial charge is 0.339 e. The highest BCUT2D eigenvalue weighted by molar-refractivity contribution is 6.45. The number of carbonyl (C=O) groups excluding carboxylic acids is 4. The lowest BCUT2D eigenvalue weighted by Crippen LogP contribution is -2.38. The van der Waals surface area contributed by atoms with E-state index in [9.17, 15) is 19.2 Å². The topological polar surface area (TPSA) is 89.5 Å². The van der Waals surface area contributed by atoms with Crippen LogP contribution < -0.4 is 5.32 Å². The Morgan fingerprint density at radius 3 is 2.11 bits per heavy atom. The second-order valence-corrected chi connectivity index (χ2v) is 8.93. The van der Waals surface area contributed by atoms with Gasteiger partial charge < -0.3 is 10.1 Å². The van der Waals surface area contributed by atoms with Crippen molar-refractivity contribution in [2.24, 2.45) is 5.92 Å². The Kier molecular flexibility index (Phi) is 6.66. The number of ketones is 2. The van der Waals surface area contributed by atoms with Crippen LogP contribution >= 0.6 is 11.6 Å². The summed E-state index contributed by atoms with van der Waals surface area (Å²) in [5, 5.41) is 2.98. The van der Waals surface area contributed by atoms with E-state index in [2.05, 4.69) is 5.32 Å². The molecule has 0 aromatic heterocycles. The number of nitrogens with one attached hydrogen (secondary N) is 1. The van der Waals surface area contributed by atoms with Crippen molar-refractivity contribution in [2.45, 2.75) is 6.10 Å². The van der Waals surface area contributed by atoms with Crippen LogP contribution in [0, 0.1) is 5.92 Å². The molecule has 4 aromatic rings. The minimum atomic E-state index is -1.59. The minimum Gasteiger partial charge on any atom is -0.453 e. The minimum absolute atomic E-state index is 0.242. The van der Waals surface area contributed by atoms with Crippen molar-refractivity contribution in [1.29, 1.82) is 0 Å². The first kappa shape index (κ1) is 24.2. The molecule has 0 aliphatic carbocycles. The van der Waals surface area contributed by atoms with E-state index in [1.165, 1.54) is 0 Å². The van der Waals surface area contributed by atoms with Gasteiger partial charge in [0, 0.05) is 21.8 Å². The SMILES string of the molecule is O=C(Nc1ccc(Cl)cc1)C(=O)[C@@H](C(=O)c1ccccc1-c1ccccc1)[C@@H]1OC(=O)c2ccccc21. The summed E-state index contributed by atoms with van der Waals surface area (Å²) in [5.41, 5.74) is 2.59. The Morgan fingerprint density at radius 1 is 0.757 bits per heavy atom. The van der Waals surface area contributed by atoms with Crippen molar-refractivity contribution < 1.29 is 23.9 Å². The molecule has 1 heterocycles. The average Bonchev–Trinajstić information content (AvgIpc) is 3.26. The lowest BCUT2D eigenvalue weighted by molar-refractivity contribution is -0.138. The predicted octanol–water partition coefficient (Wildman–Crippen LogP) is 5.93. The van der Waals surface area contributed by atoms with Gasteiger partial charge in [-0.1, -0.05) is 84.4 Å². The largest absolute Gasteiger partial charge is 0.453 e. The first-order chi connectivity index (χ1) is 17.9. The Morgan fingerprint density at radius 2 is 1.38 bits per heavy atom. The Labute approximate surface area is 217 Å². The molecule has 1 N–H and O–H groups in total. The molecule has 1 aliphatic heterocycles. The predicted molar refractivity (Wildman–Crippen MR) is 139 cm³/mol. The first-order valence-corrected chi connectivity index (χ1v) is 11.9. The van der Waals surface area contributed by atoms with Crippen LogP contribution in [0.2, 0.25) is 5.02 Å². The number of anilines is 1. The molecule has 0 unspecified atom stereocenters. The highest BCUT2D eigenvalue weighted by atomic mass is 35.5. The number of carbonyl (C=O) groups is 4. The molecule has 5 rings (SSSR count). The van der Waals surface area contributed by atoms with Gasteiger partial charge in [-0.2, -0.15) is 0 Å². The molecule has 0 bridgehead atoms. The summed E-state index contributed by atoms with van der Waals surface area (Å²) in [5.74, 6) is -4.88. The molecule has 0 radical (unpaired) electrons. The van der Waals surface area contributed by atoms with Crippen LogP contribution in [0.3, 0.4) is 0 Å². The fourth-order valence-electron chi connectivity index (χ4n) is 4.42. The summed E-state index contributed by atoms with van der Waals surface area (Å²) in [7, 11) is 0. The molecule has 0 fully saturated rings. The normalized spacial score (nSPS) is 14.8. The zero-order valence-electron chi connectivity index (χ0n) is 19.4. The van der Waals surface area contributed by atoms with Crippen LogP contribution in [-0.2, 0) is 14.3 Å². The number of esters is 1. The highest BCUT2D eigenvalue weighted by Gasteiger charge is 2.46. The zero-order valence-corrected chi connectivity index (χ0v) is 20.1. The third-order valence-corrected chi connectivity index (χ3v) is 6.44. The lowest BCUT2D eigenvalue weighted by atomic mass is 9.82. The number of hydrogen-bond acceptors (Lipinski definition) is 5. The van der Waals surface area contributed by atoms with Crippen molar-refractivity contribution in [1.82, 2.24) is 0 Å². The van der Waals surface area contributed by atoms with Gasteiger partial charge in [0.05, 0.1) is 5.56 Å². The van der Waals surface area contributed by atoms with Crippen LogP contribution in [0.15, 0.2) is 103 Å². The second kappa shape index (κ2) is 10.2. The molecular formula is C30H20ClNO5. The molecule has 182 valence electrons. The third-order valence-electron chi connectivity index (χ3n) is 6.19. The summed E-state index contributed by atoms with van der Waals surface area (Å²) in [6.07, 6.45) is -1.25. The van der Waals surface area contributed by atoms with E-state index in [1.807, 2.05) is 30.3 Å². The lowest BCUT2D eigenvalue weighted by Gasteiger charge is -2.22. The average molecular weight is 510 g/mol. The molecule has 7 heteroatoms. The molecule has 0 saturated heterocycles. The molecule has 2 atom stereocenters. The fraction of sp³-hybridized carbons (Fsp3) is 0.0667. The van der Waals surface area contributed by atoms with E-state index < -0.39 is 35.5 Å². The summed E-state index contributed by atoms with van der Waals surface area (Å²) in [6, 6.07) is 28.8. The maximum absolute atomic E-state index is 14.1. The number of amides is 1. The second-order valence-electron chi connectivity index (χ2n) is 8.49. The number of Topliss-reactive ketones (excluding diaryl/α,β-unsaturated/α-hetero) is 2. The summed E-state index contributed by atoms with van der Waals surface area (Å²) >= 11 is 5.91. The van der Waals surface area contributed by atoms with Crippen molar-refractivity contribution in [3.8, 4) is 11.1 Å². The standard InChI is InChI=1S/C30H20ClNO5/c31-19-14-16-20(17-15-19)32-29(35)27(34)25(28-23-12-6-7-13-24(23)30(36)37-28)26(33)22-11-5-4-10-21(22)18-8-2-1-3-9-18/h1-17,25,28H,(H,32,35)/t25-,28-/m1/s1. The van der Waals surface area contributed by atoms with Gasteiger partial charge in [-0.15, -0.1) is 0 Å². The summed E-state index contributed by atoms with van der Waals surface area (Å²) in [6.45, 7) is 0. The van der Waals surface area contributed by atoms with E-state index in [-0.39, 0.29) is 11.1 Å². The molecule has 1 amide bonds. The fourth-order valence-corrected chi connectivity index (χ4v) is 4.54. The van der Waals surface area contributed by atoms with Gasteiger partial charge >= 0.3 is 5.97 Å². The van der Waals surface area contributed by atoms with Gasteiger partial charge in [-0.25, -0.2) is 4.79 Å². The third kappa shape index (κ3) is 4.79. The Hall–Kier alpha value is -4.55. The highest BCUT2D eigenvalue weighted by Crippen LogP contribution is 2.39.